The molecule has 0 radical (unpaired) electrons. The average Bonchev–Trinajstić information content (AvgIpc) is 2.80. The Morgan fingerprint density at radius 3 is 2.89 bits per heavy atom. The van der Waals surface area contributed by atoms with Crippen LogP contribution in [0.5, 0.6) is 0 Å². The molecule has 1 aromatic rings. The van der Waals surface area contributed by atoms with E-state index >= 15 is 0 Å². The maximum Gasteiger partial charge on any atom is 0.326 e. The quantitative estimate of drug-likeness (QED) is 0.749. The largest absolute Gasteiger partial charge is 0.480 e. The van der Waals surface area contributed by atoms with Gasteiger partial charge in [0.2, 0.25) is 5.13 Å². The van der Waals surface area contributed by atoms with Crippen LogP contribution in [0.1, 0.15) is 26.1 Å². The Hall–Kier alpha value is -1.21. The highest BCUT2D eigenvalue weighted by Crippen LogP contribution is 2.17. The van der Waals surface area contributed by atoms with E-state index in [0.29, 0.717) is 24.0 Å². The van der Waals surface area contributed by atoms with E-state index in [-0.39, 0.29) is 5.92 Å². The van der Waals surface area contributed by atoms with Crippen molar-refractivity contribution in [2.24, 2.45) is 5.92 Å². The Labute approximate surface area is 111 Å². The number of ether oxygens (including phenoxy) is 1. The maximum absolute atomic E-state index is 11.2. The maximum atomic E-state index is 11.2. The molecule has 7 heteroatoms. The molecule has 1 heterocycles. The molecule has 0 saturated heterocycles. The van der Waals surface area contributed by atoms with Crippen LogP contribution in [0.15, 0.2) is 0 Å². The van der Waals surface area contributed by atoms with Crippen LogP contribution in [-0.4, -0.2) is 40.2 Å². The van der Waals surface area contributed by atoms with Crippen molar-refractivity contribution in [3.05, 3.63) is 5.82 Å². The Bertz CT molecular complexity index is 383. The van der Waals surface area contributed by atoms with Crippen molar-refractivity contribution >= 4 is 22.6 Å². The summed E-state index contributed by atoms with van der Waals surface area (Å²) in [7, 11) is 1.62. The summed E-state index contributed by atoms with van der Waals surface area (Å²) in [4.78, 5) is 15.4. The van der Waals surface area contributed by atoms with Crippen LogP contribution in [0, 0.1) is 5.92 Å². The summed E-state index contributed by atoms with van der Waals surface area (Å²) in [6.45, 7) is 4.43. The molecule has 0 amide bonds. The van der Waals surface area contributed by atoms with Gasteiger partial charge >= 0.3 is 5.97 Å². The van der Waals surface area contributed by atoms with Gasteiger partial charge in [0, 0.05) is 25.1 Å². The summed E-state index contributed by atoms with van der Waals surface area (Å²) in [6.07, 6.45) is 1.43. The van der Waals surface area contributed by atoms with Gasteiger partial charge in [0.05, 0.1) is 6.61 Å². The van der Waals surface area contributed by atoms with Gasteiger partial charge in [0.25, 0.3) is 0 Å². The SMILES string of the molecule is CC[C@H](C)[C@H](Nc1nc(CCOC)ns1)C(=O)O. The zero-order chi connectivity index (χ0) is 13.5. The fourth-order valence-corrected chi connectivity index (χ4v) is 2.07. The van der Waals surface area contributed by atoms with E-state index < -0.39 is 12.0 Å². The third kappa shape index (κ3) is 4.23. The number of anilines is 1. The number of hydrogen-bond donors (Lipinski definition) is 2. The molecule has 0 aliphatic rings. The van der Waals surface area contributed by atoms with Crippen molar-refractivity contribution in [2.45, 2.75) is 32.7 Å². The van der Waals surface area contributed by atoms with Gasteiger partial charge in [-0.3, -0.25) is 0 Å². The van der Waals surface area contributed by atoms with Crippen molar-refractivity contribution in [1.82, 2.24) is 9.36 Å². The second-order valence-corrected chi connectivity index (χ2v) is 4.86. The minimum absolute atomic E-state index is 0.0359. The molecule has 6 nitrogen and oxygen atoms in total. The molecule has 0 unspecified atom stereocenters. The Morgan fingerprint density at radius 1 is 1.61 bits per heavy atom. The van der Waals surface area contributed by atoms with E-state index in [1.165, 1.54) is 11.5 Å². The zero-order valence-electron chi connectivity index (χ0n) is 10.8. The third-order valence-corrected chi connectivity index (χ3v) is 3.44. The van der Waals surface area contributed by atoms with Gasteiger partial charge in [-0.1, -0.05) is 20.3 Å². The lowest BCUT2D eigenvalue weighted by Crippen LogP contribution is -2.35. The van der Waals surface area contributed by atoms with Crippen LogP contribution < -0.4 is 5.32 Å². The summed E-state index contributed by atoms with van der Waals surface area (Å²) in [5.41, 5.74) is 0. The van der Waals surface area contributed by atoms with E-state index in [1.807, 2.05) is 13.8 Å². The molecular formula is C11H19N3O3S. The van der Waals surface area contributed by atoms with Crippen LogP contribution in [0.25, 0.3) is 0 Å². The van der Waals surface area contributed by atoms with Crippen molar-refractivity contribution in [1.29, 1.82) is 0 Å². The molecule has 102 valence electrons. The third-order valence-electron chi connectivity index (χ3n) is 2.76. The molecule has 0 fully saturated rings. The van der Waals surface area contributed by atoms with Gasteiger partial charge in [-0.2, -0.15) is 4.37 Å². The topological polar surface area (TPSA) is 84.3 Å². The van der Waals surface area contributed by atoms with Crippen molar-refractivity contribution in [3.63, 3.8) is 0 Å². The van der Waals surface area contributed by atoms with Gasteiger partial charge in [0.15, 0.2) is 0 Å². The first-order valence-electron chi connectivity index (χ1n) is 5.89. The van der Waals surface area contributed by atoms with Crippen molar-refractivity contribution in [3.8, 4) is 0 Å². The van der Waals surface area contributed by atoms with Crippen LogP contribution in [0.4, 0.5) is 5.13 Å². The van der Waals surface area contributed by atoms with E-state index in [2.05, 4.69) is 14.7 Å². The van der Waals surface area contributed by atoms with Crippen LogP contribution in [-0.2, 0) is 16.0 Å². The fraction of sp³-hybridized carbons (Fsp3) is 0.727. The van der Waals surface area contributed by atoms with E-state index in [1.54, 1.807) is 7.11 Å². The second kappa shape index (κ2) is 7.27. The number of carboxylic acid groups (broad SMARTS) is 1. The monoisotopic (exact) mass is 273 g/mol. The summed E-state index contributed by atoms with van der Waals surface area (Å²) >= 11 is 1.18. The Balaban J connectivity index is 2.63. The number of rotatable bonds is 8. The van der Waals surface area contributed by atoms with Gasteiger partial charge < -0.3 is 15.2 Å². The molecule has 2 atom stereocenters. The predicted octanol–water partition coefficient (Wildman–Crippen LogP) is 1.64. The number of carbonyl (C=O) groups is 1. The lowest BCUT2D eigenvalue weighted by atomic mass is 10.00. The molecule has 0 aliphatic carbocycles. The van der Waals surface area contributed by atoms with Crippen LogP contribution in [0.3, 0.4) is 0 Å². The number of nitrogens with one attached hydrogen (secondary N) is 1. The molecular weight excluding hydrogens is 254 g/mol. The zero-order valence-corrected chi connectivity index (χ0v) is 11.7. The molecule has 0 saturated carbocycles. The minimum atomic E-state index is -0.863. The number of carboxylic acids is 1. The van der Waals surface area contributed by atoms with E-state index in [0.717, 1.165) is 6.42 Å². The predicted molar refractivity (Wildman–Crippen MR) is 70.0 cm³/mol. The number of methoxy groups -OCH3 is 1. The first-order valence-corrected chi connectivity index (χ1v) is 6.66. The molecule has 0 aliphatic heterocycles. The minimum Gasteiger partial charge on any atom is -0.480 e. The van der Waals surface area contributed by atoms with Crippen molar-refractivity contribution < 1.29 is 14.6 Å². The highest BCUT2D eigenvalue weighted by molar-refractivity contribution is 7.09. The number of nitrogens with zero attached hydrogens (tertiary/aromatic N) is 2. The standard InChI is InChI=1S/C11H19N3O3S/c1-4-7(2)9(10(15)16)13-11-12-8(14-18-11)5-6-17-3/h7,9H,4-6H2,1-3H3,(H,15,16)(H,12,13,14)/t7-,9-/m0/s1. The molecule has 0 bridgehead atoms. The lowest BCUT2D eigenvalue weighted by Gasteiger charge is -2.19. The molecule has 18 heavy (non-hydrogen) atoms. The fourth-order valence-electron chi connectivity index (χ4n) is 1.42. The molecule has 0 aromatic carbocycles. The van der Waals surface area contributed by atoms with Gasteiger partial charge in [0.1, 0.15) is 11.9 Å². The molecule has 1 aromatic heterocycles. The average molecular weight is 273 g/mol. The molecule has 2 N–H and O–H groups in total. The molecule has 1 rings (SSSR count). The highest BCUT2D eigenvalue weighted by atomic mass is 32.1. The first-order chi connectivity index (χ1) is 8.58. The normalized spacial score (nSPS) is 14.2. The lowest BCUT2D eigenvalue weighted by molar-refractivity contribution is -0.139. The number of aromatic nitrogens is 2. The van der Waals surface area contributed by atoms with Gasteiger partial charge in [-0.05, 0) is 5.92 Å². The number of aliphatic carboxylic acids is 1. The summed E-state index contributed by atoms with van der Waals surface area (Å²) < 4.78 is 9.09. The molecule has 0 spiro atoms. The van der Waals surface area contributed by atoms with E-state index in [4.69, 9.17) is 9.84 Å². The summed E-state index contributed by atoms with van der Waals surface area (Å²) in [5, 5.41) is 12.6. The second-order valence-electron chi connectivity index (χ2n) is 4.10. The highest BCUT2D eigenvalue weighted by Gasteiger charge is 2.24. The van der Waals surface area contributed by atoms with Crippen molar-refractivity contribution in [2.75, 3.05) is 19.0 Å². The summed E-state index contributed by atoms with van der Waals surface area (Å²) in [5.74, 6) is -0.149. The van der Waals surface area contributed by atoms with Gasteiger partial charge in [-0.25, -0.2) is 9.78 Å². The van der Waals surface area contributed by atoms with Crippen LogP contribution >= 0.6 is 11.5 Å². The van der Waals surface area contributed by atoms with Gasteiger partial charge in [-0.15, -0.1) is 0 Å². The van der Waals surface area contributed by atoms with E-state index in [9.17, 15) is 4.79 Å². The number of hydrogen-bond acceptors (Lipinski definition) is 6. The first kappa shape index (κ1) is 14.8. The van der Waals surface area contributed by atoms with Crippen LogP contribution in [0.2, 0.25) is 0 Å². The summed E-state index contributed by atoms with van der Waals surface area (Å²) in [6, 6.07) is -0.627. The Kier molecular flexibility index (Phi) is 6.00. The smallest absolute Gasteiger partial charge is 0.326 e. The Morgan fingerprint density at radius 2 is 2.33 bits per heavy atom.